The molecule has 0 aliphatic heterocycles. The normalized spacial score (nSPS) is 10.2. The Labute approximate surface area is 101 Å². The molecule has 0 saturated carbocycles. The van der Waals surface area contributed by atoms with Gasteiger partial charge in [-0.1, -0.05) is 16.9 Å². The monoisotopic (exact) mass is 258 g/mol. The van der Waals surface area contributed by atoms with Crippen LogP contribution >= 0.6 is 21.6 Å². The average Bonchev–Trinajstić information content (AvgIpc) is 2.25. The largest absolute Gasteiger partial charge is 0.350 e. The third-order valence-electron chi connectivity index (χ3n) is 1.83. The minimum atomic E-state index is 0.249. The van der Waals surface area contributed by atoms with E-state index in [1.165, 1.54) is 0 Å². The van der Waals surface area contributed by atoms with Crippen molar-refractivity contribution in [3.05, 3.63) is 24.4 Å². The zero-order valence-corrected chi connectivity index (χ0v) is 12.5. The molecule has 0 fully saturated rings. The van der Waals surface area contributed by atoms with Gasteiger partial charge in [0.05, 0.1) is 0 Å². The molecule has 0 saturated heterocycles. The molecule has 0 aliphatic carbocycles. The first-order chi connectivity index (χ1) is 7.20. The molecule has 0 aromatic carbocycles. The van der Waals surface area contributed by atoms with Gasteiger partial charge in [0.2, 0.25) is 0 Å². The summed E-state index contributed by atoms with van der Waals surface area (Å²) in [4.78, 5) is 16.9. The number of nitrogens with zero attached hydrogens (tertiary/aromatic N) is 2. The Morgan fingerprint density at radius 3 is 3.00 bits per heavy atom. The Balaban J connectivity index is 2.15. The molecular weight excluding hydrogens is 244 g/mol. The molecule has 0 unspecified atom stereocenters. The predicted octanol–water partition coefficient (Wildman–Crippen LogP) is 1.24. The summed E-state index contributed by atoms with van der Waals surface area (Å²) in [7, 11) is 5.83. The second kappa shape index (κ2) is 6.92. The van der Waals surface area contributed by atoms with E-state index >= 15 is 0 Å². The topological polar surface area (TPSA) is 33.2 Å². The summed E-state index contributed by atoms with van der Waals surface area (Å²) in [6.45, 7) is 0.812. The molecule has 1 heterocycles. The molecule has 6 heteroatoms. The standard InChI is InChI=1S/C9H14N2OS2Si/c1-11(9(12)15)6-7-13-14-8-4-2-3-5-10-8/h2-5H,6-7H2,1,15H3. The Hall–Kier alpha value is -0.463. The quantitative estimate of drug-likeness (QED) is 0.452. The minimum Gasteiger partial charge on any atom is -0.350 e. The van der Waals surface area contributed by atoms with Crippen molar-refractivity contribution in [1.29, 1.82) is 0 Å². The lowest BCUT2D eigenvalue weighted by atomic mass is 10.5. The van der Waals surface area contributed by atoms with Crippen molar-refractivity contribution in [3.63, 3.8) is 0 Å². The van der Waals surface area contributed by atoms with Crippen LogP contribution in [0.5, 0.6) is 0 Å². The highest BCUT2D eigenvalue weighted by atomic mass is 33.1. The van der Waals surface area contributed by atoms with E-state index in [0.29, 0.717) is 10.2 Å². The van der Waals surface area contributed by atoms with Crippen molar-refractivity contribution in [2.75, 3.05) is 19.3 Å². The molecule has 1 aromatic heterocycles. The molecule has 0 spiro atoms. The lowest BCUT2D eigenvalue weighted by Crippen LogP contribution is -2.27. The van der Waals surface area contributed by atoms with Gasteiger partial charge in [-0.15, -0.1) is 0 Å². The van der Waals surface area contributed by atoms with Crippen LogP contribution in [0.4, 0.5) is 4.79 Å². The van der Waals surface area contributed by atoms with Crippen molar-refractivity contribution >= 4 is 37.4 Å². The van der Waals surface area contributed by atoms with Crippen LogP contribution in [0.3, 0.4) is 0 Å². The Morgan fingerprint density at radius 2 is 2.40 bits per heavy atom. The van der Waals surface area contributed by atoms with Crippen LogP contribution in [0, 0.1) is 0 Å². The molecule has 0 N–H and O–H groups in total. The van der Waals surface area contributed by atoms with E-state index in [1.807, 2.05) is 25.2 Å². The Morgan fingerprint density at radius 1 is 1.60 bits per heavy atom. The van der Waals surface area contributed by atoms with Crippen molar-refractivity contribution in [3.8, 4) is 0 Å². The van der Waals surface area contributed by atoms with Gasteiger partial charge in [0.25, 0.3) is 0 Å². The second-order valence-electron chi connectivity index (χ2n) is 3.01. The van der Waals surface area contributed by atoms with Gasteiger partial charge in [-0.3, -0.25) is 4.79 Å². The summed E-state index contributed by atoms with van der Waals surface area (Å²) in [6.07, 6.45) is 1.79. The molecular formula is C9H14N2OS2Si. The van der Waals surface area contributed by atoms with Gasteiger partial charge in [-0.05, 0) is 22.9 Å². The van der Waals surface area contributed by atoms with Crippen LogP contribution in [0.25, 0.3) is 0 Å². The lowest BCUT2D eigenvalue weighted by molar-refractivity contribution is 0.234. The highest BCUT2D eigenvalue weighted by Crippen LogP contribution is 2.28. The number of pyridine rings is 1. The highest BCUT2D eigenvalue weighted by Gasteiger charge is 2.01. The maximum absolute atomic E-state index is 11.0. The van der Waals surface area contributed by atoms with E-state index in [-0.39, 0.29) is 5.53 Å². The smallest absolute Gasteiger partial charge is 0.183 e. The number of aromatic nitrogens is 1. The fraction of sp³-hybridized carbons (Fsp3) is 0.333. The molecule has 0 atom stereocenters. The predicted molar refractivity (Wildman–Crippen MR) is 70.5 cm³/mol. The molecule has 15 heavy (non-hydrogen) atoms. The van der Waals surface area contributed by atoms with Crippen LogP contribution in [-0.2, 0) is 0 Å². The first kappa shape index (κ1) is 12.6. The number of hydrogen-bond acceptors (Lipinski definition) is 4. The SMILES string of the molecule is CN(CCSSc1ccccn1)C(=O)[SiH3]. The van der Waals surface area contributed by atoms with Crippen molar-refractivity contribution < 1.29 is 4.79 Å². The fourth-order valence-corrected chi connectivity index (χ4v) is 2.98. The third-order valence-corrected chi connectivity index (χ3v) is 4.84. The zero-order chi connectivity index (χ0) is 11.1. The van der Waals surface area contributed by atoms with Gasteiger partial charge >= 0.3 is 0 Å². The molecule has 1 rings (SSSR count). The highest BCUT2D eigenvalue weighted by molar-refractivity contribution is 8.76. The molecule has 0 radical (unpaired) electrons. The number of amides is 1. The van der Waals surface area contributed by atoms with Gasteiger partial charge in [0, 0.05) is 25.5 Å². The summed E-state index contributed by atoms with van der Waals surface area (Å²) in [5, 5.41) is 1.02. The van der Waals surface area contributed by atoms with Crippen molar-refractivity contribution in [2.45, 2.75) is 5.03 Å². The first-order valence-corrected chi connectivity index (χ1v) is 7.94. The van der Waals surface area contributed by atoms with E-state index in [1.54, 1.807) is 32.7 Å². The molecule has 1 amide bonds. The molecule has 0 aliphatic rings. The summed E-state index contributed by atoms with van der Waals surface area (Å²) >= 11 is 0. The first-order valence-electron chi connectivity index (χ1n) is 4.62. The van der Waals surface area contributed by atoms with Gasteiger partial charge in [-0.25, -0.2) is 4.98 Å². The van der Waals surface area contributed by atoms with E-state index in [2.05, 4.69) is 4.98 Å². The van der Waals surface area contributed by atoms with Crippen LogP contribution in [0.1, 0.15) is 0 Å². The van der Waals surface area contributed by atoms with Crippen LogP contribution in [0.15, 0.2) is 29.4 Å². The Bertz CT molecular complexity index is 310. The van der Waals surface area contributed by atoms with Crippen LogP contribution in [0.2, 0.25) is 0 Å². The minimum absolute atomic E-state index is 0.249. The fourth-order valence-electron chi connectivity index (χ4n) is 0.830. The number of hydrogen-bond donors (Lipinski definition) is 0. The number of carbonyl (C=O) groups excluding carboxylic acids is 1. The zero-order valence-electron chi connectivity index (χ0n) is 8.84. The van der Waals surface area contributed by atoms with Crippen molar-refractivity contribution in [1.82, 2.24) is 9.88 Å². The van der Waals surface area contributed by atoms with E-state index in [9.17, 15) is 4.79 Å². The van der Waals surface area contributed by atoms with Crippen LogP contribution in [-0.4, -0.2) is 45.0 Å². The van der Waals surface area contributed by atoms with E-state index in [4.69, 9.17) is 0 Å². The Kier molecular flexibility index (Phi) is 5.81. The number of rotatable bonds is 5. The van der Waals surface area contributed by atoms with Gasteiger partial charge in [0.1, 0.15) is 15.3 Å². The van der Waals surface area contributed by atoms with E-state index in [0.717, 1.165) is 17.3 Å². The number of carbonyl (C=O) groups is 1. The van der Waals surface area contributed by atoms with E-state index < -0.39 is 0 Å². The van der Waals surface area contributed by atoms with Gasteiger partial charge < -0.3 is 4.90 Å². The molecule has 3 nitrogen and oxygen atoms in total. The second-order valence-corrected chi connectivity index (χ2v) is 6.31. The molecule has 82 valence electrons. The third kappa shape index (κ3) is 5.24. The van der Waals surface area contributed by atoms with Gasteiger partial charge in [0.15, 0.2) is 5.53 Å². The summed E-state index contributed by atoms with van der Waals surface area (Å²) in [5.41, 5.74) is 0.249. The summed E-state index contributed by atoms with van der Waals surface area (Å²) < 4.78 is 0. The lowest BCUT2D eigenvalue weighted by Gasteiger charge is -2.13. The summed E-state index contributed by atoms with van der Waals surface area (Å²) in [5.74, 6) is 0.936. The maximum atomic E-state index is 11.0. The van der Waals surface area contributed by atoms with Crippen molar-refractivity contribution in [2.24, 2.45) is 0 Å². The molecule has 0 bridgehead atoms. The summed E-state index contributed by atoms with van der Waals surface area (Å²) in [6, 6.07) is 5.87. The maximum Gasteiger partial charge on any atom is 0.183 e. The van der Waals surface area contributed by atoms with Gasteiger partial charge in [-0.2, -0.15) is 0 Å². The van der Waals surface area contributed by atoms with Crippen LogP contribution < -0.4 is 0 Å². The average molecular weight is 258 g/mol. The molecule has 1 aromatic rings.